The van der Waals surface area contributed by atoms with Gasteiger partial charge in [0.2, 0.25) is 5.91 Å². The summed E-state index contributed by atoms with van der Waals surface area (Å²) in [6.07, 6.45) is 1.79. The van der Waals surface area contributed by atoms with E-state index in [9.17, 15) is 14.9 Å². The molecule has 0 saturated carbocycles. The van der Waals surface area contributed by atoms with Gasteiger partial charge in [-0.1, -0.05) is 18.2 Å². The Labute approximate surface area is 147 Å². The molecule has 0 atom stereocenters. The van der Waals surface area contributed by atoms with Crippen molar-refractivity contribution < 1.29 is 14.5 Å². The lowest BCUT2D eigenvalue weighted by Gasteiger charge is -2.10. The van der Waals surface area contributed by atoms with E-state index < -0.39 is 4.92 Å². The molecule has 0 aliphatic carbocycles. The van der Waals surface area contributed by atoms with Gasteiger partial charge in [0.25, 0.3) is 5.69 Å². The zero-order chi connectivity index (χ0) is 18.2. The number of nitro benzene ring substituents is 1. The highest BCUT2D eigenvalue weighted by Gasteiger charge is 2.08. The zero-order valence-electron chi connectivity index (χ0n) is 14.5. The van der Waals surface area contributed by atoms with Crippen molar-refractivity contribution in [1.82, 2.24) is 0 Å². The monoisotopic (exact) mass is 342 g/mol. The third kappa shape index (κ3) is 5.91. The number of hydrogen-bond donors (Lipinski definition) is 1. The maximum Gasteiger partial charge on any atom is 0.271 e. The second-order valence-corrected chi connectivity index (χ2v) is 5.93. The highest BCUT2D eigenvalue weighted by Crippen LogP contribution is 2.20. The molecule has 25 heavy (non-hydrogen) atoms. The number of nitrogens with zero attached hydrogens (tertiary/aromatic N) is 1. The third-order valence-corrected chi connectivity index (χ3v) is 3.74. The number of anilines is 1. The summed E-state index contributed by atoms with van der Waals surface area (Å²) in [6, 6.07) is 12.0. The van der Waals surface area contributed by atoms with Crippen LogP contribution in [0.2, 0.25) is 0 Å². The van der Waals surface area contributed by atoms with E-state index in [1.165, 1.54) is 12.1 Å². The molecule has 0 bridgehead atoms. The molecule has 0 aliphatic heterocycles. The van der Waals surface area contributed by atoms with Crippen molar-refractivity contribution in [2.24, 2.45) is 0 Å². The minimum Gasteiger partial charge on any atom is -0.493 e. The van der Waals surface area contributed by atoms with E-state index in [0.29, 0.717) is 25.1 Å². The Balaban J connectivity index is 1.71. The van der Waals surface area contributed by atoms with Gasteiger partial charge >= 0.3 is 0 Å². The number of benzene rings is 2. The number of carbonyl (C=O) groups is 1. The van der Waals surface area contributed by atoms with Crippen LogP contribution in [0.5, 0.6) is 5.75 Å². The number of nitro groups is 1. The number of aryl methyl sites for hydroxylation is 2. The third-order valence-electron chi connectivity index (χ3n) is 3.74. The van der Waals surface area contributed by atoms with Crippen molar-refractivity contribution >= 4 is 17.3 Å². The molecule has 0 radical (unpaired) electrons. The van der Waals surface area contributed by atoms with E-state index in [0.717, 1.165) is 23.3 Å². The van der Waals surface area contributed by atoms with Crippen LogP contribution in [0, 0.1) is 24.0 Å². The van der Waals surface area contributed by atoms with E-state index in [2.05, 4.69) is 5.32 Å². The van der Waals surface area contributed by atoms with Gasteiger partial charge in [-0.05, 0) is 49.9 Å². The fraction of sp³-hybridized carbons (Fsp3) is 0.316. The number of unbranched alkanes of at least 4 members (excludes halogenated alkanes) is 1. The average Bonchev–Trinajstić information content (AvgIpc) is 2.57. The first-order valence-corrected chi connectivity index (χ1v) is 8.20. The molecule has 0 fully saturated rings. The summed E-state index contributed by atoms with van der Waals surface area (Å²) in [4.78, 5) is 22.1. The summed E-state index contributed by atoms with van der Waals surface area (Å²) >= 11 is 0. The van der Waals surface area contributed by atoms with Gasteiger partial charge in [0.05, 0.1) is 11.5 Å². The van der Waals surface area contributed by atoms with Crippen molar-refractivity contribution in [3.05, 3.63) is 63.7 Å². The number of nitrogens with one attached hydrogen (secondary N) is 1. The number of ether oxygens (including phenoxy) is 1. The molecule has 2 aromatic carbocycles. The van der Waals surface area contributed by atoms with Crippen LogP contribution in [-0.4, -0.2) is 17.4 Å². The maximum atomic E-state index is 11.9. The van der Waals surface area contributed by atoms with Crippen molar-refractivity contribution in [2.45, 2.75) is 33.1 Å². The van der Waals surface area contributed by atoms with Crippen LogP contribution in [0.25, 0.3) is 0 Å². The number of amides is 1. The van der Waals surface area contributed by atoms with Gasteiger partial charge < -0.3 is 10.1 Å². The van der Waals surface area contributed by atoms with E-state index in [1.54, 1.807) is 12.1 Å². The molecular formula is C19H22N2O4. The maximum absolute atomic E-state index is 11.9. The Morgan fingerprint density at radius 1 is 1.16 bits per heavy atom. The molecule has 0 heterocycles. The van der Waals surface area contributed by atoms with Crippen molar-refractivity contribution in [3.63, 3.8) is 0 Å². The van der Waals surface area contributed by atoms with Gasteiger partial charge in [-0.2, -0.15) is 0 Å². The summed E-state index contributed by atoms with van der Waals surface area (Å²) in [5.41, 5.74) is 2.64. The van der Waals surface area contributed by atoms with Crippen LogP contribution in [0.15, 0.2) is 42.5 Å². The van der Waals surface area contributed by atoms with Crippen LogP contribution < -0.4 is 10.1 Å². The first-order valence-electron chi connectivity index (χ1n) is 8.20. The van der Waals surface area contributed by atoms with Crippen molar-refractivity contribution in [3.8, 4) is 5.75 Å². The van der Waals surface area contributed by atoms with Gasteiger partial charge in [-0.3, -0.25) is 14.9 Å². The van der Waals surface area contributed by atoms with Gasteiger partial charge in [0, 0.05) is 24.2 Å². The Kier molecular flexibility index (Phi) is 6.51. The average molecular weight is 342 g/mol. The van der Waals surface area contributed by atoms with E-state index in [-0.39, 0.29) is 11.6 Å². The molecule has 2 aromatic rings. The van der Waals surface area contributed by atoms with Gasteiger partial charge in [-0.25, -0.2) is 0 Å². The summed E-state index contributed by atoms with van der Waals surface area (Å²) in [5, 5.41) is 13.4. The Morgan fingerprint density at radius 3 is 2.72 bits per heavy atom. The molecule has 0 spiro atoms. The van der Waals surface area contributed by atoms with Crippen LogP contribution in [0.4, 0.5) is 11.4 Å². The second kappa shape index (κ2) is 8.82. The minimum atomic E-state index is -0.486. The van der Waals surface area contributed by atoms with Crippen LogP contribution in [0.3, 0.4) is 0 Å². The number of carbonyl (C=O) groups excluding carboxylic acids is 1. The molecule has 0 aliphatic rings. The van der Waals surface area contributed by atoms with Crippen molar-refractivity contribution in [1.29, 1.82) is 0 Å². The lowest BCUT2D eigenvalue weighted by atomic mass is 10.1. The van der Waals surface area contributed by atoms with Crippen LogP contribution in [-0.2, 0) is 4.79 Å². The van der Waals surface area contributed by atoms with Gasteiger partial charge in [0.15, 0.2) is 0 Å². The predicted molar refractivity (Wildman–Crippen MR) is 97.0 cm³/mol. The quantitative estimate of drug-likeness (QED) is 0.438. The molecular weight excluding hydrogens is 320 g/mol. The summed E-state index contributed by atoms with van der Waals surface area (Å²) in [7, 11) is 0. The standard InChI is InChI=1S/C19H22N2O4/c1-14-9-10-15(2)18(12-14)25-11-4-3-8-19(22)20-16-6-5-7-17(13-16)21(23)24/h5-7,9-10,12-13H,3-4,8,11H2,1-2H3,(H,20,22). The summed E-state index contributed by atoms with van der Waals surface area (Å²) in [6.45, 7) is 4.57. The smallest absolute Gasteiger partial charge is 0.271 e. The van der Waals surface area contributed by atoms with E-state index >= 15 is 0 Å². The highest BCUT2D eigenvalue weighted by atomic mass is 16.6. The molecule has 2 rings (SSSR count). The first kappa shape index (κ1) is 18.4. The molecule has 6 heteroatoms. The molecule has 0 aromatic heterocycles. The Morgan fingerprint density at radius 2 is 1.96 bits per heavy atom. The number of hydrogen-bond acceptors (Lipinski definition) is 4. The first-order chi connectivity index (χ1) is 12.0. The van der Waals surface area contributed by atoms with Crippen LogP contribution in [0.1, 0.15) is 30.4 Å². The summed E-state index contributed by atoms with van der Waals surface area (Å²) < 4.78 is 5.75. The Bertz CT molecular complexity index is 759. The Hall–Kier alpha value is -2.89. The topological polar surface area (TPSA) is 81.5 Å². The van der Waals surface area contributed by atoms with Crippen LogP contribution >= 0.6 is 0 Å². The lowest BCUT2D eigenvalue weighted by molar-refractivity contribution is -0.384. The molecule has 132 valence electrons. The van der Waals surface area contributed by atoms with Crippen molar-refractivity contribution in [2.75, 3.05) is 11.9 Å². The minimum absolute atomic E-state index is 0.0419. The van der Waals surface area contributed by atoms with Gasteiger partial charge in [-0.15, -0.1) is 0 Å². The molecule has 0 saturated heterocycles. The molecule has 0 unspecified atom stereocenters. The summed E-state index contributed by atoms with van der Waals surface area (Å²) in [5.74, 6) is 0.716. The SMILES string of the molecule is Cc1ccc(C)c(OCCCCC(=O)Nc2cccc([N+](=O)[O-])c2)c1. The fourth-order valence-electron chi connectivity index (χ4n) is 2.35. The predicted octanol–water partition coefficient (Wildman–Crippen LogP) is 4.40. The lowest BCUT2D eigenvalue weighted by Crippen LogP contribution is -2.11. The largest absolute Gasteiger partial charge is 0.493 e. The number of non-ortho nitro benzene ring substituents is 1. The molecule has 1 amide bonds. The highest BCUT2D eigenvalue weighted by molar-refractivity contribution is 5.90. The van der Waals surface area contributed by atoms with E-state index in [4.69, 9.17) is 4.74 Å². The van der Waals surface area contributed by atoms with Gasteiger partial charge in [0.1, 0.15) is 5.75 Å². The molecule has 6 nitrogen and oxygen atoms in total. The molecule has 1 N–H and O–H groups in total. The normalized spacial score (nSPS) is 10.3. The van der Waals surface area contributed by atoms with E-state index in [1.807, 2.05) is 32.0 Å². The number of rotatable bonds is 8. The fourth-order valence-corrected chi connectivity index (χ4v) is 2.35. The second-order valence-electron chi connectivity index (χ2n) is 5.93. The zero-order valence-corrected chi connectivity index (χ0v) is 14.5.